The summed E-state index contributed by atoms with van der Waals surface area (Å²) in [4.78, 5) is 7.02. The first-order valence-corrected chi connectivity index (χ1v) is 7.15. The van der Waals surface area contributed by atoms with Crippen molar-refractivity contribution in [3.63, 3.8) is 0 Å². The largest absolute Gasteiger partial charge is 0.374 e. The minimum absolute atomic E-state index is 0.165. The van der Waals surface area contributed by atoms with Gasteiger partial charge in [-0.15, -0.1) is 0 Å². The highest BCUT2D eigenvalue weighted by Gasteiger charge is 2.19. The van der Waals surface area contributed by atoms with Gasteiger partial charge in [0.15, 0.2) is 0 Å². The summed E-state index contributed by atoms with van der Waals surface area (Å²) in [6.45, 7) is 6.22. The lowest BCUT2D eigenvalue weighted by molar-refractivity contribution is -0.0259. The summed E-state index contributed by atoms with van der Waals surface area (Å²) in [6, 6.07) is 10.5. The Morgan fingerprint density at radius 3 is 3.10 bits per heavy atom. The zero-order chi connectivity index (χ0) is 13.9. The average molecular weight is 271 g/mol. The summed E-state index contributed by atoms with van der Waals surface area (Å²) < 4.78 is 5.63. The molecule has 106 valence electrons. The molecule has 1 aromatic heterocycles. The third-order valence-corrected chi connectivity index (χ3v) is 3.81. The van der Waals surface area contributed by atoms with Crippen molar-refractivity contribution < 1.29 is 4.74 Å². The molecule has 0 saturated carbocycles. The maximum Gasteiger partial charge on any atom is 0.0824 e. The normalized spacial score (nSPS) is 20.4. The van der Waals surface area contributed by atoms with E-state index in [9.17, 15) is 0 Å². The van der Waals surface area contributed by atoms with Crippen molar-refractivity contribution in [3.05, 3.63) is 41.6 Å². The maximum absolute atomic E-state index is 5.71. The summed E-state index contributed by atoms with van der Waals surface area (Å²) in [5.74, 6) is 0. The number of aromatic nitrogens is 1. The zero-order valence-electron chi connectivity index (χ0n) is 11.9. The molecule has 1 aromatic carbocycles. The topological polar surface area (TPSA) is 51.4 Å². The molecule has 0 spiro atoms. The van der Waals surface area contributed by atoms with Gasteiger partial charge in [-0.05, 0) is 24.6 Å². The molecule has 1 aliphatic rings. The van der Waals surface area contributed by atoms with Gasteiger partial charge in [0.25, 0.3) is 0 Å². The summed E-state index contributed by atoms with van der Waals surface area (Å²) >= 11 is 0. The molecule has 0 bridgehead atoms. The fourth-order valence-corrected chi connectivity index (χ4v) is 2.83. The Kier molecular flexibility index (Phi) is 3.96. The molecule has 3 rings (SSSR count). The first-order chi connectivity index (χ1) is 9.76. The van der Waals surface area contributed by atoms with E-state index in [-0.39, 0.29) is 6.10 Å². The van der Waals surface area contributed by atoms with E-state index in [2.05, 4.69) is 41.1 Å². The van der Waals surface area contributed by atoms with Crippen LogP contribution in [0, 0.1) is 6.92 Å². The zero-order valence-corrected chi connectivity index (χ0v) is 11.9. The van der Waals surface area contributed by atoms with E-state index < -0.39 is 0 Å². The highest BCUT2D eigenvalue weighted by molar-refractivity contribution is 5.82. The average Bonchev–Trinajstić information content (AvgIpc) is 2.47. The summed E-state index contributed by atoms with van der Waals surface area (Å²) in [5.41, 5.74) is 9.20. The first kappa shape index (κ1) is 13.5. The third kappa shape index (κ3) is 2.82. The predicted octanol–water partition coefficient (Wildman–Crippen LogP) is 1.70. The Morgan fingerprint density at radius 1 is 1.40 bits per heavy atom. The molecule has 1 atom stereocenters. The van der Waals surface area contributed by atoms with Crippen molar-refractivity contribution in [3.8, 4) is 0 Å². The van der Waals surface area contributed by atoms with Gasteiger partial charge in [0.2, 0.25) is 0 Å². The number of ether oxygens (including phenoxy) is 1. The lowest BCUT2D eigenvalue weighted by atomic mass is 10.1. The third-order valence-electron chi connectivity index (χ3n) is 3.81. The van der Waals surface area contributed by atoms with E-state index in [1.165, 1.54) is 10.9 Å². The fraction of sp³-hybridized carbons (Fsp3) is 0.438. The SMILES string of the molecule is Cc1cc(CN2CCOC(CN)C2)c2ccccc2n1. The lowest BCUT2D eigenvalue weighted by Gasteiger charge is -2.32. The molecule has 2 heterocycles. The highest BCUT2D eigenvalue weighted by Crippen LogP contribution is 2.20. The Balaban J connectivity index is 1.86. The number of rotatable bonds is 3. The van der Waals surface area contributed by atoms with E-state index >= 15 is 0 Å². The number of pyridine rings is 1. The number of aryl methyl sites for hydroxylation is 1. The smallest absolute Gasteiger partial charge is 0.0824 e. The quantitative estimate of drug-likeness (QED) is 0.923. The van der Waals surface area contributed by atoms with E-state index in [0.29, 0.717) is 6.54 Å². The molecule has 1 aliphatic heterocycles. The molecule has 1 saturated heterocycles. The molecular weight excluding hydrogens is 250 g/mol. The molecule has 2 N–H and O–H groups in total. The van der Waals surface area contributed by atoms with Crippen LogP contribution in [0.4, 0.5) is 0 Å². The second-order valence-electron chi connectivity index (χ2n) is 5.40. The number of nitrogens with two attached hydrogens (primary N) is 1. The number of hydrogen-bond acceptors (Lipinski definition) is 4. The second kappa shape index (κ2) is 5.87. The molecule has 20 heavy (non-hydrogen) atoms. The van der Waals surface area contributed by atoms with Crippen LogP contribution in [0.3, 0.4) is 0 Å². The molecule has 0 amide bonds. The van der Waals surface area contributed by atoms with Crippen LogP contribution in [0.5, 0.6) is 0 Å². The number of hydrogen-bond donors (Lipinski definition) is 1. The molecule has 0 radical (unpaired) electrons. The van der Waals surface area contributed by atoms with Crippen LogP contribution < -0.4 is 5.73 Å². The van der Waals surface area contributed by atoms with Gasteiger partial charge < -0.3 is 10.5 Å². The van der Waals surface area contributed by atoms with E-state index in [1.54, 1.807) is 0 Å². The van der Waals surface area contributed by atoms with Crippen LogP contribution in [0.15, 0.2) is 30.3 Å². The molecule has 4 heteroatoms. The molecule has 1 unspecified atom stereocenters. The van der Waals surface area contributed by atoms with Crippen LogP contribution in [-0.2, 0) is 11.3 Å². The minimum Gasteiger partial charge on any atom is -0.374 e. The Labute approximate surface area is 119 Å². The van der Waals surface area contributed by atoms with Crippen molar-refractivity contribution in [2.24, 2.45) is 5.73 Å². The molecule has 0 aliphatic carbocycles. The van der Waals surface area contributed by atoms with Crippen LogP contribution in [0.1, 0.15) is 11.3 Å². The Morgan fingerprint density at radius 2 is 2.25 bits per heavy atom. The summed E-state index contributed by atoms with van der Waals surface area (Å²) in [5, 5.41) is 1.24. The Bertz CT molecular complexity index is 599. The highest BCUT2D eigenvalue weighted by atomic mass is 16.5. The van der Waals surface area contributed by atoms with Gasteiger partial charge >= 0.3 is 0 Å². The van der Waals surface area contributed by atoms with Gasteiger partial charge in [-0.3, -0.25) is 9.88 Å². The summed E-state index contributed by atoms with van der Waals surface area (Å²) in [6.07, 6.45) is 0.165. The van der Waals surface area contributed by atoms with E-state index in [0.717, 1.165) is 37.5 Å². The van der Waals surface area contributed by atoms with E-state index in [1.807, 2.05) is 6.07 Å². The fourth-order valence-electron chi connectivity index (χ4n) is 2.83. The second-order valence-corrected chi connectivity index (χ2v) is 5.40. The molecular formula is C16H21N3O. The van der Waals surface area contributed by atoms with Crippen LogP contribution in [-0.4, -0.2) is 42.2 Å². The number of morpholine rings is 1. The van der Waals surface area contributed by atoms with Crippen LogP contribution in [0.2, 0.25) is 0 Å². The first-order valence-electron chi connectivity index (χ1n) is 7.15. The number of nitrogens with zero attached hydrogens (tertiary/aromatic N) is 2. The summed E-state index contributed by atoms with van der Waals surface area (Å²) in [7, 11) is 0. The number of para-hydroxylation sites is 1. The van der Waals surface area contributed by atoms with E-state index in [4.69, 9.17) is 10.5 Å². The van der Waals surface area contributed by atoms with Gasteiger partial charge in [0.1, 0.15) is 0 Å². The van der Waals surface area contributed by atoms with Gasteiger partial charge in [-0.1, -0.05) is 18.2 Å². The van der Waals surface area contributed by atoms with Gasteiger partial charge in [0.05, 0.1) is 18.2 Å². The monoisotopic (exact) mass is 271 g/mol. The molecule has 4 nitrogen and oxygen atoms in total. The number of benzene rings is 1. The van der Waals surface area contributed by atoms with Gasteiger partial charge in [-0.25, -0.2) is 0 Å². The van der Waals surface area contributed by atoms with Gasteiger partial charge in [0, 0.05) is 37.3 Å². The van der Waals surface area contributed by atoms with Crippen molar-refractivity contribution in [1.29, 1.82) is 0 Å². The maximum atomic E-state index is 5.71. The van der Waals surface area contributed by atoms with Crippen molar-refractivity contribution in [1.82, 2.24) is 9.88 Å². The van der Waals surface area contributed by atoms with Crippen LogP contribution >= 0.6 is 0 Å². The lowest BCUT2D eigenvalue weighted by Crippen LogP contribution is -2.45. The molecule has 1 fully saturated rings. The Hall–Kier alpha value is -1.49. The van der Waals surface area contributed by atoms with Crippen molar-refractivity contribution in [2.45, 2.75) is 19.6 Å². The molecule has 2 aromatic rings. The van der Waals surface area contributed by atoms with Crippen LogP contribution in [0.25, 0.3) is 10.9 Å². The standard InChI is InChI=1S/C16H21N3O/c1-12-8-13(15-4-2-3-5-16(15)18-12)10-19-6-7-20-14(9-17)11-19/h2-5,8,14H,6-7,9-11,17H2,1H3. The number of fused-ring (bicyclic) bond motifs is 1. The minimum atomic E-state index is 0.165. The van der Waals surface area contributed by atoms with Gasteiger partial charge in [-0.2, -0.15) is 0 Å². The predicted molar refractivity (Wildman–Crippen MR) is 80.6 cm³/mol. The van der Waals surface area contributed by atoms with Crippen molar-refractivity contribution in [2.75, 3.05) is 26.2 Å². The van der Waals surface area contributed by atoms with Crippen molar-refractivity contribution >= 4 is 10.9 Å².